The van der Waals surface area contributed by atoms with Crippen molar-refractivity contribution in [1.29, 1.82) is 0 Å². The smallest absolute Gasteiger partial charge is 0.174 e. The van der Waals surface area contributed by atoms with Gasteiger partial charge in [-0.05, 0) is 107 Å². The van der Waals surface area contributed by atoms with Gasteiger partial charge in [-0.1, -0.05) is 6.07 Å². The SMILES string of the molecule is CC(C)(C)n1ccc([C@H]2[C@@H](c3ccccn3)NC(=S)N2c2ccc(OC3CCCC3)cc2)c1. The molecule has 2 aliphatic rings. The van der Waals surface area contributed by atoms with E-state index in [1.807, 2.05) is 18.3 Å². The van der Waals surface area contributed by atoms with Crippen LogP contribution in [0.5, 0.6) is 5.75 Å². The Morgan fingerprint density at radius 3 is 2.42 bits per heavy atom. The maximum atomic E-state index is 6.18. The molecule has 172 valence electrons. The molecule has 2 fully saturated rings. The average molecular weight is 461 g/mol. The van der Waals surface area contributed by atoms with Crippen molar-refractivity contribution in [2.24, 2.45) is 0 Å². The molecule has 0 spiro atoms. The highest BCUT2D eigenvalue weighted by Gasteiger charge is 2.41. The van der Waals surface area contributed by atoms with Crippen LogP contribution in [0.15, 0.2) is 67.1 Å². The highest BCUT2D eigenvalue weighted by molar-refractivity contribution is 7.80. The maximum absolute atomic E-state index is 6.18. The molecule has 0 bridgehead atoms. The number of nitrogens with one attached hydrogen (secondary N) is 1. The third-order valence-electron chi connectivity index (χ3n) is 6.65. The topological polar surface area (TPSA) is 42.3 Å². The zero-order chi connectivity index (χ0) is 23.0. The Labute approximate surface area is 201 Å². The van der Waals surface area contributed by atoms with E-state index in [4.69, 9.17) is 17.0 Å². The third kappa shape index (κ3) is 4.49. The lowest BCUT2D eigenvalue weighted by molar-refractivity contribution is 0.210. The lowest BCUT2D eigenvalue weighted by atomic mass is 9.98. The molecule has 2 aromatic heterocycles. The Morgan fingerprint density at radius 2 is 1.79 bits per heavy atom. The van der Waals surface area contributed by atoms with Gasteiger partial charge < -0.3 is 19.5 Å². The second-order valence-electron chi connectivity index (χ2n) is 10.0. The van der Waals surface area contributed by atoms with Crippen LogP contribution in [0.1, 0.15) is 69.8 Å². The Bertz CT molecular complexity index is 1100. The highest BCUT2D eigenvalue weighted by atomic mass is 32.1. The number of hydrogen-bond donors (Lipinski definition) is 1. The van der Waals surface area contributed by atoms with Crippen molar-refractivity contribution in [3.8, 4) is 5.75 Å². The van der Waals surface area contributed by atoms with Gasteiger partial charge in [-0.15, -0.1) is 0 Å². The average Bonchev–Trinajstić information content (AvgIpc) is 3.55. The number of rotatable bonds is 5. The van der Waals surface area contributed by atoms with Crippen LogP contribution in [0.2, 0.25) is 0 Å². The van der Waals surface area contributed by atoms with E-state index in [0.29, 0.717) is 11.2 Å². The van der Waals surface area contributed by atoms with E-state index in [0.717, 1.165) is 30.0 Å². The van der Waals surface area contributed by atoms with E-state index in [9.17, 15) is 0 Å². The van der Waals surface area contributed by atoms with Gasteiger partial charge in [0.15, 0.2) is 5.11 Å². The van der Waals surface area contributed by atoms with Gasteiger partial charge in [0.2, 0.25) is 0 Å². The second-order valence-corrected chi connectivity index (χ2v) is 10.4. The summed E-state index contributed by atoms with van der Waals surface area (Å²) in [6, 6.07) is 16.6. The minimum absolute atomic E-state index is 0.00222. The van der Waals surface area contributed by atoms with E-state index in [2.05, 4.69) is 89.3 Å². The molecule has 33 heavy (non-hydrogen) atoms. The molecule has 1 aromatic carbocycles. The molecule has 1 N–H and O–H groups in total. The molecule has 2 atom stereocenters. The van der Waals surface area contributed by atoms with Crippen LogP contribution in [-0.4, -0.2) is 20.8 Å². The zero-order valence-corrected chi connectivity index (χ0v) is 20.4. The Kier molecular flexibility index (Phi) is 5.87. The summed E-state index contributed by atoms with van der Waals surface area (Å²) in [5.74, 6) is 0.931. The Hall–Kier alpha value is -2.86. The normalized spacial score (nSPS) is 21.4. The van der Waals surface area contributed by atoms with Crippen molar-refractivity contribution >= 4 is 23.0 Å². The van der Waals surface area contributed by atoms with Gasteiger partial charge in [0.1, 0.15) is 5.75 Å². The van der Waals surface area contributed by atoms with Gasteiger partial charge in [0, 0.05) is 29.8 Å². The molecule has 0 radical (unpaired) electrons. The standard InChI is InChI=1S/C27H32N4OS/c1-27(2,3)30-17-15-19(18-30)25-24(23-10-6-7-16-28-23)29-26(33)31(25)20-11-13-22(14-12-20)32-21-8-4-5-9-21/h6-7,10-18,21,24-25H,4-5,8-9H2,1-3H3,(H,29,33)/t24-,25+/m1/s1. The van der Waals surface area contributed by atoms with Gasteiger partial charge in [0.25, 0.3) is 0 Å². The summed E-state index contributed by atoms with van der Waals surface area (Å²) in [6.45, 7) is 6.64. The minimum atomic E-state index is -0.0380. The molecule has 1 aliphatic carbocycles. The number of pyridine rings is 1. The van der Waals surface area contributed by atoms with Crippen LogP contribution in [0.4, 0.5) is 5.69 Å². The Morgan fingerprint density at radius 1 is 1.03 bits per heavy atom. The zero-order valence-electron chi connectivity index (χ0n) is 19.6. The monoisotopic (exact) mass is 460 g/mol. The van der Waals surface area contributed by atoms with E-state index in [-0.39, 0.29) is 17.6 Å². The molecule has 0 amide bonds. The van der Waals surface area contributed by atoms with Gasteiger partial charge in [-0.3, -0.25) is 4.98 Å². The molecule has 5 rings (SSSR count). The maximum Gasteiger partial charge on any atom is 0.174 e. The Balaban J connectivity index is 1.49. The fourth-order valence-electron chi connectivity index (χ4n) is 4.86. The third-order valence-corrected chi connectivity index (χ3v) is 6.96. The first kappa shape index (κ1) is 22.0. The molecule has 1 saturated carbocycles. The molecule has 3 aromatic rings. The molecule has 3 heterocycles. The lowest BCUT2D eigenvalue weighted by Crippen LogP contribution is -2.29. The summed E-state index contributed by atoms with van der Waals surface area (Å²) >= 11 is 5.85. The number of ether oxygens (including phenoxy) is 1. The van der Waals surface area contributed by atoms with Crippen molar-refractivity contribution in [3.63, 3.8) is 0 Å². The van der Waals surface area contributed by atoms with Gasteiger partial charge >= 0.3 is 0 Å². The van der Waals surface area contributed by atoms with Crippen molar-refractivity contribution < 1.29 is 4.74 Å². The van der Waals surface area contributed by atoms with Crippen LogP contribution in [0, 0.1) is 0 Å². The first-order chi connectivity index (χ1) is 15.9. The van der Waals surface area contributed by atoms with E-state index < -0.39 is 0 Å². The van der Waals surface area contributed by atoms with Crippen molar-refractivity contribution in [2.45, 2.75) is 70.2 Å². The van der Waals surface area contributed by atoms with Crippen molar-refractivity contribution in [3.05, 3.63) is 78.4 Å². The first-order valence-electron chi connectivity index (χ1n) is 11.9. The number of hydrogen-bond acceptors (Lipinski definition) is 3. The quantitative estimate of drug-likeness (QED) is 0.464. The second kappa shape index (κ2) is 8.82. The molecule has 1 saturated heterocycles. The predicted octanol–water partition coefficient (Wildman–Crippen LogP) is 6.14. The number of aromatic nitrogens is 2. The van der Waals surface area contributed by atoms with Gasteiger partial charge in [0.05, 0.1) is 23.9 Å². The molecule has 1 aliphatic heterocycles. The molecular formula is C27H32N4OS. The van der Waals surface area contributed by atoms with Crippen LogP contribution >= 0.6 is 12.2 Å². The van der Waals surface area contributed by atoms with Crippen LogP contribution < -0.4 is 15.0 Å². The molecule has 6 heteroatoms. The van der Waals surface area contributed by atoms with Crippen molar-refractivity contribution in [1.82, 2.24) is 14.9 Å². The van der Waals surface area contributed by atoms with Crippen LogP contribution in [0.25, 0.3) is 0 Å². The predicted molar refractivity (Wildman–Crippen MR) is 137 cm³/mol. The van der Waals surface area contributed by atoms with Crippen molar-refractivity contribution in [2.75, 3.05) is 4.90 Å². The van der Waals surface area contributed by atoms with E-state index in [1.165, 1.54) is 18.4 Å². The molecule has 5 nitrogen and oxygen atoms in total. The number of nitrogens with zero attached hydrogens (tertiary/aromatic N) is 3. The summed E-state index contributed by atoms with van der Waals surface area (Å²) in [5, 5.41) is 4.25. The largest absolute Gasteiger partial charge is 0.490 e. The van der Waals surface area contributed by atoms with Crippen LogP contribution in [-0.2, 0) is 5.54 Å². The summed E-state index contributed by atoms with van der Waals surface area (Å²) in [4.78, 5) is 6.87. The number of anilines is 1. The first-order valence-corrected chi connectivity index (χ1v) is 12.3. The van der Waals surface area contributed by atoms with Gasteiger partial charge in [-0.2, -0.15) is 0 Å². The van der Waals surface area contributed by atoms with E-state index in [1.54, 1.807) is 0 Å². The summed E-state index contributed by atoms with van der Waals surface area (Å²) in [7, 11) is 0. The summed E-state index contributed by atoms with van der Waals surface area (Å²) in [5.41, 5.74) is 3.25. The summed E-state index contributed by atoms with van der Waals surface area (Å²) < 4.78 is 8.44. The van der Waals surface area contributed by atoms with E-state index >= 15 is 0 Å². The fraction of sp³-hybridized carbons (Fsp3) is 0.407. The number of benzene rings is 1. The fourth-order valence-corrected chi connectivity index (χ4v) is 5.21. The minimum Gasteiger partial charge on any atom is -0.490 e. The highest BCUT2D eigenvalue weighted by Crippen LogP contribution is 2.42. The van der Waals surface area contributed by atoms with Gasteiger partial charge in [-0.25, -0.2) is 0 Å². The summed E-state index contributed by atoms with van der Waals surface area (Å²) in [6.07, 6.45) is 11.4. The molecular weight excluding hydrogens is 428 g/mol. The molecule has 0 unspecified atom stereocenters. The van der Waals surface area contributed by atoms with Crippen LogP contribution in [0.3, 0.4) is 0 Å². The number of thiocarbonyl (C=S) groups is 1. The lowest BCUT2D eigenvalue weighted by Gasteiger charge is -2.28.